The van der Waals surface area contributed by atoms with E-state index in [4.69, 9.17) is 10.5 Å². The summed E-state index contributed by atoms with van der Waals surface area (Å²) >= 11 is 0. The largest absolute Gasteiger partial charge is 0.399 e. The lowest BCUT2D eigenvalue weighted by atomic mass is 9.88. The van der Waals surface area contributed by atoms with Gasteiger partial charge in [-0.3, -0.25) is 0 Å². The Bertz CT molecular complexity index is 592. The van der Waals surface area contributed by atoms with Gasteiger partial charge in [0, 0.05) is 12.1 Å². The van der Waals surface area contributed by atoms with Crippen molar-refractivity contribution in [2.45, 2.75) is 32.5 Å². The summed E-state index contributed by atoms with van der Waals surface area (Å²) in [5, 5.41) is 0. The highest BCUT2D eigenvalue weighted by molar-refractivity contribution is 5.54. The lowest BCUT2D eigenvalue weighted by Crippen LogP contribution is -2.20. The number of anilines is 1. The first-order valence-corrected chi connectivity index (χ1v) is 6.75. The maximum atomic E-state index is 6.15. The van der Waals surface area contributed by atoms with Crippen molar-refractivity contribution in [3.05, 3.63) is 64.7 Å². The molecule has 2 heteroatoms. The smallest absolute Gasteiger partial charge is 0.0873 e. The number of benzene rings is 2. The van der Waals surface area contributed by atoms with Gasteiger partial charge in [0.25, 0.3) is 0 Å². The summed E-state index contributed by atoms with van der Waals surface area (Å²) < 4.78 is 6.15. The van der Waals surface area contributed by atoms with Gasteiger partial charge in [-0.25, -0.2) is 0 Å². The Balaban J connectivity index is 2.02. The predicted molar refractivity (Wildman–Crippen MR) is 78.0 cm³/mol. The van der Waals surface area contributed by atoms with Crippen LogP contribution in [0.15, 0.2) is 42.5 Å². The molecule has 2 nitrogen and oxygen atoms in total. The van der Waals surface area contributed by atoms with E-state index in [0.717, 1.165) is 12.1 Å². The molecule has 0 radical (unpaired) electrons. The van der Waals surface area contributed by atoms with Crippen molar-refractivity contribution in [3.63, 3.8) is 0 Å². The molecule has 0 aromatic heterocycles. The summed E-state index contributed by atoms with van der Waals surface area (Å²) in [4.78, 5) is 0. The number of nitrogen functional groups attached to an aromatic ring is 1. The highest BCUT2D eigenvalue weighted by Gasteiger charge is 2.27. The molecule has 19 heavy (non-hydrogen) atoms. The van der Waals surface area contributed by atoms with Crippen LogP contribution >= 0.6 is 0 Å². The van der Waals surface area contributed by atoms with Gasteiger partial charge < -0.3 is 10.5 Å². The molecule has 0 fully saturated rings. The van der Waals surface area contributed by atoms with Crippen LogP contribution in [0.25, 0.3) is 0 Å². The zero-order chi connectivity index (χ0) is 13.4. The van der Waals surface area contributed by atoms with Crippen LogP contribution in [0.5, 0.6) is 0 Å². The van der Waals surface area contributed by atoms with Crippen molar-refractivity contribution in [1.29, 1.82) is 0 Å². The lowest BCUT2D eigenvalue weighted by Gasteiger charge is -2.32. The standard InChI is InChI=1S/C17H19NO/c1-11-15-10-17(13-6-4-3-5-7-13)19-12(2)14(15)8-9-16(11)18/h3-9,12,17H,10,18H2,1-2H3. The Labute approximate surface area is 114 Å². The Kier molecular flexibility index (Phi) is 3.03. The van der Waals surface area contributed by atoms with Gasteiger partial charge in [0.05, 0.1) is 12.2 Å². The molecule has 2 N–H and O–H groups in total. The molecule has 2 aromatic carbocycles. The van der Waals surface area contributed by atoms with Gasteiger partial charge >= 0.3 is 0 Å². The number of fused-ring (bicyclic) bond motifs is 1. The topological polar surface area (TPSA) is 35.2 Å². The molecule has 0 aliphatic carbocycles. The highest BCUT2D eigenvalue weighted by atomic mass is 16.5. The number of nitrogens with two attached hydrogens (primary N) is 1. The van der Waals surface area contributed by atoms with Gasteiger partial charge in [-0.05, 0) is 42.2 Å². The molecular weight excluding hydrogens is 234 g/mol. The Hall–Kier alpha value is -1.80. The second-order valence-corrected chi connectivity index (χ2v) is 5.23. The van der Waals surface area contributed by atoms with Crippen molar-refractivity contribution >= 4 is 5.69 Å². The van der Waals surface area contributed by atoms with E-state index in [1.165, 1.54) is 22.3 Å². The average Bonchev–Trinajstić information content (AvgIpc) is 2.44. The van der Waals surface area contributed by atoms with Gasteiger partial charge in [0.1, 0.15) is 0 Å². The zero-order valence-electron chi connectivity index (χ0n) is 11.4. The molecule has 2 aromatic rings. The van der Waals surface area contributed by atoms with E-state index in [0.29, 0.717) is 0 Å². The van der Waals surface area contributed by atoms with Gasteiger partial charge in [-0.15, -0.1) is 0 Å². The van der Waals surface area contributed by atoms with Crippen molar-refractivity contribution in [2.75, 3.05) is 5.73 Å². The first-order valence-electron chi connectivity index (χ1n) is 6.75. The number of hydrogen-bond acceptors (Lipinski definition) is 2. The van der Waals surface area contributed by atoms with Gasteiger partial charge in [0.15, 0.2) is 0 Å². The van der Waals surface area contributed by atoms with E-state index < -0.39 is 0 Å². The van der Waals surface area contributed by atoms with Gasteiger partial charge in [-0.1, -0.05) is 36.4 Å². The molecule has 1 aliphatic heterocycles. The molecule has 0 saturated heterocycles. The third-order valence-corrected chi connectivity index (χ3v) is 4.04. The quantitative estimate of drug-likeness (QED) is 0.781. The van der Waals surface area contributed by atoms with Crippen molar-refractivity contribution in [1.82, 2.24) is 0 Å². The molecule has 1 heterocycles. The molecule has 2 atom stereocenters. The van der Waals surface area contributed by atoms with Crippen LogP contribution in [-0.2, 0) is 11.2 Å². The van der Waals surface area contributed by atoms with Crippen molar-refractivity contribution < 1.29 is 4.74 Å². The predicted octanol–water partition coefficient (Wildman–Crippen LogP) is 3.95. The minimum absolute atomic E-state index is 0.119. The number of rotatable bonds is 1. The Morgan fingerprint density at radius 1 is 1.11 bits per heavy atom. The van der Waals surface area contributed by atoms with Crippen molar-refractivity contribution in [3.8, 4) is 0 Å². The fraction of sp³-hybridized carbons (Fsp3) is 0.294. The van der Waals surface area contributed by atoms with E-state index in [2.05, 4.69) is 44.2 Å². The summed E-state index contributed by atoms with van der Waals surface area (Å²) in [5.41, 5.74) is 12.0. The highest BCUT2D eigenvalue weighted by Crippen LogP contribution is 2.39. The van der Waals surface area contributed by atoms with Gasteiger partial charge in [-0.2, -0.15) is 0 Å². The van der Waals surface area contributed by atoms with Crippen LogP contribution < -0.4 is 5.73 Å². The first kappa shape index (κ1) is 12.2. The Morgan fingerprint density at radius 2 is 1.84 bits per heavy atom. The monoisotopic (exact) mass is 253 g/mol. The minimum atomic E-state index is 0.119. The molecule has 3 rings (SSSR count). The second kappa shape index (κ2) is 4.71. The third-order valence-electron chi connectivity index (χ3n) is 4.04. The fourth-order valence-electron chi connectivity index (χ4n) is 2.87. The summed E-state index contributed by atoms with van der Waals surface area (Å²) in [6, 6.07) is 14.5. The molecule has 1 aliphatic rings. The molecule has 98 valence electrons. The van der Waals surface area contributed by atoms with Crippen LogP contribution in [-0.4, -0.2) is 0 Å². The first-order chi connectivity index (χ1) is 9.16. The lowest BCUT2D eigenvalue weighted by molar-refractivity contribution is -0.0173. The van der Waals surface area contributed by atoms with E-state index in [1.807, 2.05) is 12.1 Å². The maximum Gasteiger partial charge on any atom is 0.0873 e. The van der Waals surface area contributed by atoms with Crippen LogP contribution in [0, 0.1) is 6.92 Å². The summed E-state index contributed by atoms with van der Waals surface area (Å²) in [6.45, 7) is 4.22. The molecule has 0 bridgehead atoms. The minimum Gasteiger partial charge on any atom is -0.399 e. The van der Waals surface area contributed by atoms with Crippen LogP contribution in [0.4, 0.5) is 5.69 Å². The van der Waals surface area contributed by atoms with Gasteiger partial charge in [0.2, 0.25) is 0 Å². The summed E-state index contributed by atoms with van der Waals surface area (Å²) in [6.07, 6.45) is 1.15. The van der Waals surface area contributed by atoms with E-state index in [1.54, 1.807) is 0 Å². The SMILES string of the molecule is Cc1c(N)ccc2c1CC(c1ccccc1)OC2C. The Morgan fingerprint density at radius 3 is 2.58 bits per heavy atom. The molecule has 0 saturated carbocycles. The fourth-order valence-corrected chi connectivity index (χ4v) is 2.87. The number of hydrogen-bond donors (Lipinski definition) is 1. The number of ether oxygens (including phenoxy) is 1. The molecule has 0 spiro atoms. The third kappa shape index (κ3) is 2.13. The normalized spacial score (nSPS) is 22.0. The summed E-state index contributed by atoms with van der Waals surface area (Å²) in [5.74, 6) is 0. The van der Waals surface area contributed by atoms with Crippen LogP contribution in [0.1, 0.15) is 41.4 Å². The van der Waals surface area contributed by atoms with E-state index in [9.17, 15) is 0 Å². The summed E-state index contributed by atoms with van der Waals surface area (Å²) in [7, 11) is 0. The van der Waals surface area contributed by atoms with Crippen LogP contribution in [0.3, 0.4) is 0 Å². The zero-order valence-corrected chi connectivity index (χ0v) is 11.4. The molecular formula is C17H19NO. The van der Waals surface area contributed by atoms with E-state index >= 15 is 0 Å². The molecule has 2 unspecified atom stereocenters. The van der Waals surface area contributed by atoms with Crippen molar-refractivity contribution in [2.24, 2.45) is 0 Å². The maximum absolute atomic E-state index is 6.15. The second-order valence-electron chi connectivity index (χ2n) is 5.23. The van der Waals surface area contributed by atoms with Crippen LogP contribution in [0.2, 0.25) is 0 Å². The molecule has 0 amide bonds. The average molecular weight is 253 g/mol. The van der Waals surface area contributed by atoms with E-state index in [-0.39, 0.29) is 12.2 Å².